The van der Waals surface area contributed by atoms with Crippen LogP contribution in [0.4, 0.5) is 5.88 Å². The molecule has 2 aromatic rings. The van der Waals surface area contributed by atoms with E-state index in [-0.39, 0.29) is 16.3 Å². The SMILES string of the molecule is Cc1cc(NC(=O)COC(=O)c2ccc(S(C)(=O)=O)cc2)on1. The van der Waals surface area contributed by atoms with E-state index < -0.39 is 28.3 Å². The van der Waals surface area contributed by atoms with Gasteiger partial charge >= 0.3 is 5.97 Å². The van der Waals surface area contributed by atoms with Crippen molar-refractivity contribution in [3.63, 3.8) is 0 Å². The number of carbonyl (C=O) groups excluding carboxylic acids is 2. The predicted octanol–water partition coefficient (Wildman–Crippen LogP) is 1.18. The summed E-state index contributed by atoms with van der Waals surface area (Å²) in [6.45, 7) is 1.19. The smallest absolute Gasteiger partial charge is 0.338 e. The first-order valence-electron chi connectivity index (χ1n) is 6.46. The number of aryl methyl sites for hydroxylation is 1. The van der Waals surface area contributed by atoms with Gasteiger partial charge in [0.25, 0.3) is 5.91 Å². The van der Waals surface area contributed by atoms with Crippen LogP contribution in [0.1, 0.15) is 16.1 Å². The van der Waals surface area contributed by atoms with Gasteiger partial charge in [0, 0.05) is 12.3 Å². The van der Waals surface area contributed by atoms with Gasteiger partial charge in [-0.2, -0.15) is 0 Å². The van der Waals surface area contributed by atoms with Gasteiger partial charge in [0.1, 0.15) is 0 Å². The number of nitrogens with one attached hydrogen (secondary N) is 1. The zero-order chi connectivity index (χ0) is 17.0. The highest BCUT2D eigenvalue weighted by Gasteiger charge is 2.13. The number of carbonyl (C=O) groups is 2. The Balaban J connectivity index is 1.90. The van der Waals surface area contributed by atoms with Crippen LogP contribution >= 0.6 is 0 Å². The van der Waals surface area contributed by atoms with Gasteiger partial charge < -0.3 is 9.26 Å². The lowest BCUT2D eigenvalue weighted by Crippen LogP contribution is -2.20. The van der Waals surface area contributed by atoms with Crippen molar-refractivity contribution in [1.82, 2.24) is 5.16 Å². The lowest BCUT2D eigenvalue weighted by atomic mass is 10.2. The van der Waals surface area contributed by atoms with E-state index in [9.17, 15) is 18.0 Å². The summed E-state index contributed by atoms with van der Waals surface area (Å²) in [7, 11) is -3.34. The van der Waals surface area contributed by atoms with Crippen LogP contribution in [0.25, 0.3) is 0 Å². The van der Waals surface area contributed by atoms with Crippen molar-refractivity contribution < 1.29 is 27.3 Å². The Morgan fingerprint density at radius 2 is 1.91 bits per heavy atom. The van der Waals surface area contributed by atoms with Gasteiger partial charge in [-0.25, -0.2) is 13.2 Å². The van der Waals surface area contributed by atoms with Crippen molar-refractivity contribution in [3.8, 4) is 0 Å². The van der Waals surface area contributed by atoms with Crippen LogP contribution in [0.2, 0.25) is 0 Å². The highest BCUT2D eigenvalue weighted by atomic mass is 32.2. The molecule has 0 saturated heterocycles. The highest BCUT2D eigenvalue weighted by molar-refractivity contribution is 7.90. The summed E-state index contributed by atoms with van der Waals surface area (Å²) in [6.07, 6.45) is 1.07. The van der Waals surface area contributed by atoms with E-state index in [2.05, 4.69) is 10.5 Å². The molecule has 0 bridgehead atoms. The Bertz CT molecular complexity index is 823. The molecule has 0 aliphatic rings. The van der Waals surface area contributed by atoms with Crippen LogP contribution in [0, 0.1) is 6.92 Å². The van der Waals surface area contributed by atoms with Crippen LogP contribution in [0.5, 0.6) is 0 Å². The van der Waals surface area contributed by atoms with Crippen molar-refractivity contribution >= 4 is 27.6 Å². The van der Waals surface area contributed by atoms with E-state index in [1.54, 1.807) is 6.92 Å². The number of rotatable bonds is 5. The number of hydrogen-bond acceptors (Lipinski definition) is 7. The fourth-order valence-corrected chi connectivity index (χ4v) is 2.28. The maximum Gasteiger partial charge on any atom is 0.338 e. The number of benzene rings is 1. The number of aromatic nitrogens is 1. The van der Waals surface area contributed by atoms with Crippen LogP contribution in [-0.4, -0.2) is 38.3 Å². The van der Waals surface area contributed by atoms with Gasteiger partial charge in [-0.15, -0.1) is 0 Å². The lowest BCUT2D eigenvalue weighted by Gasteiger charge is -2.05. The standard InChI is InChI=1S/C14H14N2O6S/c1-9-7-13(22-16-9)15-12(17)8-21-14(18)10-3-5-11(6-4-10)23(2,19)20/h3-7H,8H2,1-2H3,(H,15,17). The quantitative estimate of drug-likeness (QED) is 0.814. The molecule has 0 aliphatic heterocycles. The molecule has 0 atom stereocenters. The Hall–Kier alpha value is -2.68. The van der Waals surface area contributed by atoms with Crippen LogP contribution in [-0.2, 0) is 19.4 Å². The summed E-state index contributed by atoms with van der Waals surface area (Å²) in [5.74, 6) is -1.17. The third-order valence-corrected chi connectivity index (χ3v) is 3.87. The fraction of sp³-hybridized carbons (Fsp3) is 0.214. The summed E-state index contributed by atoms with van der Waals surface area (Å²) < 4.78 is 32.3. The van der Waals surface area contributed by atoms with Crippen molar-refractivity contribution in [1.29, 1.82) is 0 Å². The average Bonchev–Trinajstić information content (AvgIpc) is 2.89. The summed E-state index contributed by atoms with van der Waals surface area (Å²) in [6, 6.07) is 6.74. The number of hydrogen-bond donors (Lipinski definition) is 1. The predicted molar refractivity (Wildman–Crippen MR) is 79.7 cm³/mol. The molecule has 9 heteroatoms. The number of nitrogens with zero attached hydrogens (tertiary/aromatic N) is 1. The Morgan fingerprint density at radius 1 is 1.26 bits per heavy atom. The summed E-state index contributed by atoms with van der Waals surface area (Å²) >= 11 is 0. The lowest BCUT2D eigenvalue weighted by molar-refractivity contribution is -0.119. The van der Waals surface area contributed by atoms with Crippen LogP contribution < -0.4 is 5.32 Å². The number of esters is 1. The Labute approximate surface area is 132 Å². The molecule has 1 N–H and O–H groups in total. The zero-order valence-electron chi connectivity index (χ0n) is 12.4. The molecule has 1 aromatic carbocycles. The molecule has 2 rings (SSSR count). The van der Waals surface area contributed by atoms with Gasteiger partial charge in [0.15, 0.2) is 16.4 Å². The molecule has 23 heavy (non-hydrogen) atoms. The van der Waals surface area contributed by atoms with E-state index in [1.807, 2.05) is 0 Å². The minimum atomic E-state index is -3.34. The monoisotopic (exact) mass is 338 g/mol. The normalized spacial score (nSPS) is 11.0. The number of sulfone groups is 1. The van der Waals surface area contributed by atoms with E-state index in [0.29, 0.717) is 5.69 Å². The second-order valence-corrected chi connectivity index (χ2v) is 6.77. The topological polar surface area (TPSA) is 116 Å². The van der Waals surface area contributed by atoms with Gasteiger partial charge in [-0.1, -0.05) is 5.16 Å². The molecule has 1 aromatic heterocycles. The fourth-order valence-electron chi connectivity index (χ4n) is 1.65. The minimum absolute atomic E-state index is 0.0903. The minimum Gasteiger partial charge on any atom is -0.452 e. The molecule has 122 valence electrons. The maximum absolute atomic E-state index is 11.8. The van der Waals surface area contributed by atoms with Gasteiger partial charge in [0.05, 0.1) is 16.2 Å². The molecule has 0 radical (unpaired) electrons. The van der Waals surface area contributed by atoms with Gasteiger partial charge in [-0.3, -0.25) is 10.1 Å². The number of anilines is 1. The molecule has 0 unspecified atom stereocenters. The Kier molecular flexibility index (Phi) is 4.80. The van der Waals surface area contributed by atoms with E-state index in [0.717, 1.165) is 6.26 Å². The van der Waals surface area contributed by atoms with Gasteiger partial charge in [-0.05, 0) is 31.2 Å². The first-order valence-corrected chi connectivity index (χ1v) is 8.35. The molecule has 0 aliphatic carbocycles. The molecule has 1 amide bonds. The zero-order valence-corrected chi connectivity index (χ0v) is 13.2. The molecular weight excluding hydrogens is 324 g/mol. The molecule has 0 fully saturated rings. The highest BCUT2D eigenvalue weighted by Crippen LogP contribution is 2.11. The molecule has 0 saturated carbocycles. The third kappa shape index (κ3) is 4.65. The van der Waals surface area contributed by atoms with Gasteiger partial charge in [0.2, 0.25) is 5.88 Å². The molecule has 0 spiro atoms. The average molecular weight is 338 g/mol. The van der Waals surface area contributed by atoms with Crippen molar-refractivity contribution in [3.05, 3.63) is 41.6 Å². The summed E-state index contributed by atoms with van der Waals surface area (Å²) in [5.41, 5.74) is 0.740. The first kappa shape index (κ1) is 16.7. The van der Waals surface area contributed by atoms with Crippen molar-refractivity contribution in [2.24, 2.45) is 0 Å². The summed E-state index contributed by atoms with van der Waals surface area (Å²) in [5, 5.41) is 5.97. The number of ether oxygens (including phenoxy) is 1. The Morgan fingerprint density at radius 3 is 2.43 bits per heavy atom. The van der Waals surface area contributed by atoms with Crippen LogP contribution in [0.15, 0.2) is 39.8 Å². The van der Waals surface area contributed by atoms with Crippen LogP contribution in [0.3, 0.4) is 0 Å². The first-order chi connectivity index (χ1) is 10.8. The van der Waals surface area contributed by atoms with E-state index in [1.165, 1.54) is 30.3 Å². The molecule has 8 nitrogen and oxygen atoms in total. The third-order valence-electron chi connectivity index (χ3n) is 2.74. The molecular formula is C14H14N2O6S. The van der Waals surface area contributed by atoms with E-state index >= 15 is 0 Å². The largest absolute Gasteiger partial charge is 0.452 e. The maximum atomic E-state index is 11.8. The van der Waals surface area contributed by atoms with Crippen molar-refractivity contribution in [2.75, 3.05) is 18.2 Å². The van der Waals surface area contributed by atoms with Crippen molar-refractivity contribution in [2.45, 2.75) is 11.8 Å². The summed E-state index contributed by atoms with van der Waals surface area (Å²) in [4.78, 5) is 23.5. The van der Waals surface area contributed by atoms with E-state index in [4.69, 9.17) is 9.26 Å². The number of amides is 1. The second-order valence-electron chi connectivity index (χ2n) is 4.75. The second kappa shape index (κ2) is 6.61. The molecule has 1 heterocycles.